The summed E-state index contributed by atoms with van der Waals surface area (Å²) in [6, 6.07) is 23.9. The highest BCUT2D eigenvalue weighted by Gasteiger charge is 2.55. The number of carbonyl (C=O) groups is 1. The van der Waals surface area contributed by atoms with Crippen LogP contribution in [0.2, 0.25) is 5.02 Å². The van der Waals surface area contributed by atoms with Gasteiger partial charge in [-0.2, -0.15) is 0 Å². The molecule has 0 amide bonds. The third kappa shape index (κ3) is 4.54. The lowest BCUT2D eigenvalue weighted by Crippen LogP contribution is -2.45. The SMILES string of the molecule is O=C(O)CN1[P+](=O)OCCCC1(c1ccccc1)c1ccccc1Oc1ccc(Cl)cc1. The average Bonchev–Trinajstić information content (AvgIpc) is 2.96. The smallest absolute Gasteiger partial charge is 0.480 e. The molecule has 2 atom stereocenters. The van der Waals surface area contributed by atoms with E-state index in [-0.39, 0.29) is 6.61 Å². The van der Waals surface area contributed by atoms with Crippen molar-refractivity contribution in [2.45, 2.75) is 18.4 Å². The van der Waals surface area contributed by atoms with Gasteiger partial charge in [0.2, 0.25) is 0 Å². The molecule has 6 nitrogen and oxygen atoms in total. The third-order valence-corrected chi connectivity index (χ3v) is 6.97. The molecule has 0 bridgehead atoms. The normalized spacial score (nSPS) is 20.5. The molecule has 3 aromatic rings. The zero-order valence-electron chi connectivity index (χ0n) is 17.2. The number of hydrogen-bond donors (Lipinski definition) is 1. The van der Waals surface area contributed by atoms with E-state index >= 15 is 0 Å². The lowest BCUT2D eigenvalue weighted by atomic mass is 9.78. The van der Waals surface area contributed by atoms with E-state index in [1.165, 1.54) is 4.67 Å². The van der Waals surface area contributed by atoms with E-state index in [4.69, 9.17) is 20.9 Å². The first-order chi connectivity index (χ1) is 15.5. The van der Waals surface area contributed by atoms with Gasteiger partial charge in [0.05, 0.1) is 0 Å². The molecule has 1 N–H and O–H groups in total. The standard InChI is InChI=1S/C24H21ClNO5P/c25-19-11-13-20(14-12-19)31-22-10-5-4-9-21(22)24(18-7-2-1-3-8-18)15-6-16-30-32(29)26(24)17-23(27)28/h1-5,7-14H,6,15-17H2/p+1. The molecule has 1 aliphatic rings. The minimum absolute atomic E-state index is 0.278. The maximum absolute atomic E-state index is 13.2. The van der Waals surface area contributed by atoms with Crippen LogP contribution in [0.3, 0.4) is 0 Å². The largest absolute Gasteiger partial charge is 0.617 e. The predicted molar refractivity (Wildman–Crippen MR) is 122 cm³/mol. The van der Waals surface area contributed by atoms with Crippen molar-refractivity contribution < 1.29 is 23.7 Å². The fraction of sp³-hybridized carbons (Fsp3) is 0.208. The van der Waals surface area contributed by atoms with E-state index in [1.807, 2.05) is 54.6 Å². The topological polar surface area (TPSA) is 76.1 Å². The van der Waals surface area contributed by atoms with Gasteiger partial charge in [-0.05, 0) is 58.0 Å². The molecule has 164 valence electrons. The first kappa shape index (κ1) is 22.4. The van der Waals surface area contributed by atoms with Crippen molar-refractivity contribution in [3.63, 3.8) is 0 Å². The summed E-state index contributed by atoms with van der Waals surface area (Å²) in [4.78, 5) is 11.8. The number of ether oxygens (including phenoxy) is 1. The predicted octanol–water partition coefficient (Wildman–Crippen LogP) is 6.23. The number of para-hydroxylation sites is 1. The number of aliphatic carboxylic acids is 1. The fourth-order valence-electron chi connectivity index (χ4n) is 4.09. The summed E-state index contributed by atoms with van der Waals surface area (Å²) in [7, 11) is -2.40. The number of carboxylic acids is 1. The van der Waals surface area contributed by atoms with Crippen LogP contribution >= 0.6 is 19.8 Å². The zero-order valence-corrected chi connectivity index (χ0v) is 18.8. The maximum atomic E-state index is 13.2. The lowest BCUT2D eigenvalue weighted by Gasteiger charge is -2.36. The summed E-state index contributed by atoms with van der Waals surface area (Å²) >= 11 is 6.01. The van der Waals surface area contributed by atoms with Crippen LogP contribution in [0.25, 0.3) is 0 Å². The Morgan fingerprint density at radius 3 is 2.47 bits per heavy atom. The first-order valence-corrected chi connectivity index (χ1v) is 11.7. The highest BCUT2D eigenvalue weighted by molar-refractivity contribution is 7.36. The zero-order chi connectivity index (χ0) is 22.6. The summed E-state index contributed by atoms with van der Waals surface area (Å²) < 4.78 is 26.3. The quantitative estimate of drug-likeness (QED) is 0.430. The van der Waals surface area contributed by atoms with Crippen LogP contribution in [-0.2, 0) is 19.4 Å². The molecule has 1 aliphatic heterocycles. The van der Waals surface area contributed by atoms with Gasteiger partial charge in [0.25, 0.3) is 0 Å². The molecule has 32 heavy (non-hydrogen) atoms. The van der Waals surface area contributed by atoms with E-state index < -0.39 is 26.2 Å². The second kappa shape index (κ2) is 9.80. The van der Waals surface area contributed by atoms with Gasteiger partial charge in [0.1, 0.15) is 30.2 Å². The van der Waals surface area contributed by atoms with Crippen LogP contribution in [0.5, 0.6) is 11.5 Å². The molecule has 0 aliphatic carbocycles. The number of carboxylic acid groups (broad SMARTS) is 1. The van der Waals surface area contributed by atoms with Crippen molar-refractivity contribution in [3.8, 4) is 11.5 Å². The van der Waals surface area contributed by atoms with Crippen LogP contribution in [0.1, 0.15) is 24.0 Å². The molecule has 2 unspecified atom stereocenters. The maximum Gasteiger partial charge on any atom is 0.617 e. The third-order valence-electron chi connectivity index (χ3n) is 5.43. The number of halogens is 1. The molecule has 3 aromatic carbocycles. The highest BCUT2D eigenvalue weighted by atomic mass is 35.5. The lowest BCUT2D eigenvalue weighted by molar-refractivity contribution is -0.138. The van der Waals surface area contributed by atoms with Crippen LogP contribution in [0, 0.1) is 0 Å². The number of rotatable bonds is 6. The second-order valence-electron chi connectivity index (χ2n) is 7.40. The highest BCUT2D eigenvalue weighted by Crippen LogP contribution is 2.53. The Morgan fingerprint density at radius 1 is 1.06 bits per heavy atom. The fourth-order valence-corrected chi connectivity index (χ4v) is 5.48. The van der Waals surface area contributed by atoms with E-state index in [2.05, 4.69) is 0 Å². The number of hydrogen-bond acceptors (Lipinski definition) is 4. The van der Waals surface area contributed by atoms with E-state index in [1.54, 1.807) is 24.3 Å². The summed E-state index contributed by atoms with van der Waals surface area (Å²) in [5.41, 5.74) is 0.519. The monoisotopic (exact) mass is 470 g/mol. The van der Waals surface area contributed by atoms with Gasteiger partial charge in [0.15, 0.2) is 0 Å². The number of benzene rings is 3. The van der Waals surface area contributed by atoms with Gasteiger partial charge in [-0.15, -0.1) is 4.52 Å². The van der Waals surface area contributed by atoms with Gasteiger partial charge in [0, 0.05) is 10.6 Å². The molecular weight excluding hydrogens is 449 g/mol. The molecular formula is C24H22ClNO5P+. The first-order valence-electron chi connectivity index (χ1n) is 10.2. The minimum atomic E-state index is -2.40. The molecule has 1 saturated heterocycles. The molecule has 0 radical (unpaired) electrons. The molecule has 1 fully saturated rings. The summed E-state index contributed by atoms with van der Waals surface area (Å²) in [6.45, 7) is -0.167. The minimum Gasteiger partial charge on any atom is -0.480 e. The van der Waals surface area contributed by atoms with E-state index in [0.717, 1.165) is 11.1 Å². The average molecular weight is 471 g/mol. The molecule has 0 saturated carbocycles. The van der Waals surface area contributed by atoms with Crippen molar-refractivity contribution in [3.05, 3.63) is 95.0 Å². The van der Waals surface area contributed by atoms with E-state index in [0.29, 0.717) is 29.4 Å². The Labute approximate surface area is 192 Å². The molecule has 1 heterocycles. The van der Waals surface area contributed by atoms with E-state index in [9.17, 15) is 14.5 Å². The van der Waals surface area contributed by atoms with Crippen LogP contribution in [0.15, 0.2) is 78.9 Å². The molecule has 8 heteroatoms. The molecule has 0 aromatic heterocycles. The molecule has 4 rings (SSSR count). The Hall–Kier alpha value is -2.76. The Morgan fingerprint density at radius 2 is 1.75 bits per heavy atom. The second-order valence-corrected chi connectivity index (χ2v) is 9.06. The van der Waals surface area contributed by atoms with Crippen molar-refractivity contribution in [1.29, 1.82) is 0 Å². The van der Waals surface area contributed by atoms with Crippen LogP contribution < -0.4 is 4.74 Å². The Kier molecular flexibility index (Phi) is 6.87. The van der Waals surface area contributed by atoms with Crippen LogP contribution in [0.4, 0.5) is 0 Å². The number of nitrogens with zero attached hydrogens (tertiary/aromatic N) is 1. The van der Waals surface area contributed by atoms with Crippen LogP contribution in [-0.4, -0.2) is 28.9 Å². The summed E-state index contributed by atoms with van der Waals surface area (Å²) in [6.07, 6.45) is 1.10. The van der Waals surface area contributed by atoms with Gasteiger partial charge in [-0.25, -0.2) is 0 Å². The Balaban J connectivity index is 1.92. The van der Waals surface area contributed by atoms with Crippen molar-refractivity contribution >= 4 is 25.7 Å². The van der Waals surface area contributed by atoms with Gasteiger partial charge in [-0.1, -0.05) is 60.1 Å². The summed E-state index contributed by atoms with van der Waals surface area (Å²) in [5.74, 6) is 0.0405. The summed E-state index contributed by atoms with van der Waals surface area (Å²) in [5, 5.41) is 10.3. The van der Waals surface area contributed by atoms with Gasteiger partial charge < -0.3 is 9.84 Å². The van der Waals surface area contributed by atoms with Crippen molar-refractivity contribution in [2.75, 3.05) is 13.2 Å². The molecule has 0 spiro atoms. The van der Waals surface area contributed by atoms with Crippen molar-refractivity contribution in [2.24, 2.45) is 0 Å². The van der Waals surface area contributed by atoms with Crippen molar-refractivity contribution in [1.82, 2.24) is 4.67 Å². The Bertz CT molecular complexity index is 1110. The van der Waals surface area contributed by atoms with Gasteiger partial charge >= 0.3 is 14.1 Å². The van der Waals surface area contributed by atoms with Gasteiger partial charge in [-0.3, -0.25) is 4.79 Å².